The van der Waals surface area contributed by atoms with E-state index in [1.165, 1.54) is 6.92 Å². The molecule has 0 saturated carbocycles. The highest BCUT2D eigenvalue weighted by Crippen LogP contribution is 2.12. The molecule has 128 valence electrons. The topological polar surface area (TPSA) is 78.7 Å². The van der Waals surface area contributed by atoms with Gasteiger partial charge in [0.05, 0.1) is 12.2 Å². The van der Waals surface area contributed by atoms with Crippen molar-refractivity contribution in [1.29, 1.82) is 0 Å². The van der Waals surface area contributed by atoms with Crippen LogP contribution in [0.15, 0.2) is 10.6 Å². The normalized spacial score (nSPS) is 17.3. The SMILES string of the molecule is CC(=O)N[C@H](C(=O)N1CCN(Cc2cc(C)no2)CC1)C(C)C. The van der Waals surface area contributed by atoms with Gasteiger partial charge in [0.2, 0.25) is 11.8 Å². The Kier molecular flexibility index (Phi) is 5.76. The molecule has 7 nitrogen and oxygen atoms in total. The Labute approximate surface area is 137 Å². The van der Waals surface area contributed by atoms with Crippen molar-refractivity contribution in [3.8, 4) is 0 Å². The van der Waals surface area contributed by atoms with Crippen molar-refractivity contribution in [3.63, 3.8) is 0 Å². The quantitative estimate of drug-likeness (QED) is 0.867. The Balaban J connectivity index is 1.87. The second-order valence-electron chi connectivity index (χ2n) is 6.46. The maximum absolute atomic E-state index is 12.6. The lowest BCUT2D eigenvalue weighted by Gasteiger charge is -2.36. The Morgan fingerprint density at radius 1 is 1.30 bits per heavy atom. The zero-order chi connectivity index (χ0) is 17.0. The lowest BCUT2D eigenvalue weighted by atomic mass is 10.0. The Morgan fingerprint density at radius 2 is 1.96 bits per heavy atom. The zero-order valence-electron chi connectivity index (χ0n) is 14.3. The molecule has 1 aliphatic rings. The Morgan fingerprint density at radius 3 is 2.43 bits per heavy atom. The van der Waals surface area contributed by atoms with Crippen molar-refractivity contribution in [2.24, 2.45) is 5.92 Å². The molecule has 1 N–H and O–H groups in total. The second-order valence-corrected chi connectivity index (χ2v) is 6.46. The third kappa shape index (κ3) is 4.79. The van der Waals surface area contributed by atoms with Crippen LogP contribution in [-0.2, 0) is 16.1 Å². The third-order valence-electron chi connectivity index (χ3n) is 4.03. The van der Waals surface area contributed by atoms with Crippen molar-refractivity contribution in [3.05, 3.63) is 17.5 Å². The highest BCUT2D eigenvalue weighted by Gasteiger charge is 2.30. The second kappa shape index (κ2) is 7.59. The van der Waals surface area contributed by atoms with E-state index in [0.29, 0.717) is 19.6 Å². The lowest BCUT2D eigenvalue weighted by molar-refractivity contribution is -0.138. The summed E-state index contributed by atoms with van der Waals surface area (Å²) in [6.07, 6.45) is 0. The van der Waals surface area contributed by atoms with E-state index in [1.54, 1.807) is 0 Å². The summed E-state index contributed by atoms with van der Waals surface area (Å²) < 4.78 is 5.24. The molecule has 2 rings (SSSR count). The molecule has 0 spiro atoms. The van der Waals surface area contributed by atoms with Crippen LogP contribution in [0.2, 0.25) is 0 Å². The summed E-state index contributed by atoms with van der Waals surface area (Å²) in [6.45, 7) is 10.8. The van der Waals surface area contributed by atoms with E-state index >= 15 is 0 Å². The highest BCUT2D eigenvalue weighted by molar-refractivity contribution is 5.87. The molecular weight excluding hydrogens is 296 g/mol. The molecule has 23 heavy (non-hydrogen) atoms. The fourth-order valence-corrected chi connectivity index (χ4v) is 2.77. The van der Waals surface area contributed by atoms with Crippen molar-refractivity contribution >= 4 is 11.8 Å². The van der Waals surface area contributed by atoms with Gasteiger partial charge in [-0.1, -0.05) is 19.0 Å². The average molecular weight is 322 g/mol. The molecule has 0 bridgehead atoms. The summed E-state index contributed by atoms with van der Waals surface area (Å²) >= 11 is 0. The fourth-order valence-electron chi connectivity index (χ4n) is 2.77. The molecule has 1 saturated heterocycles. The lowest BCUT2D eigenvalue weighted by Crippen LogP contribution is -2.56. The number of hydrogen-bond acceptors (Lipinski definition) is 5. The summed E-state index contributed by atoms with van der Waals surface area (Å²) in [5.74, 6) is 0.754. The van der Waals surface area contributed by atoms with Crippen molar-refractivity contribution in [2.45, 2.75) is 40.3 Å². The summed E-state index contributed by atoms with van der Waals surface area (Å²) in [5.41, 5.74) is 0.879. The molecule has 0 aromatic carbocycles. The minimum Gasteiger partial charge on any atom is -0.360 e. The highest BCUT2D eigenvalue weighted by atomic mass is 16.5. The van der Waals surface area contributed by atoms with Crippen molar-refractivity contribution in [2.75, 3.05) is 26.2 Å². The first-order chi connectivity index (χ1) is 10.9. The standard InChI is InChI=1S/C16H26N4O3/c1-11(2)15(17-13(4)21)16(22)20-7-5-19(6-8-20)10-14-9-12(3)18-23-14/h9,11,15H,5-8,10H2,1-4H3,(H,17,21)/t15-/m0/s1. The van der Waals surface area contributed by atoms with Gasteiger partial charge in [0.25, 0.3) is 0 Å². The summed E-state index contributed by atoms with van der Waals surface area (Å²) in [4.78, 5) is 28.0. The van der Waals surface area contributed by atoms with Crippen LogP contribution in [-0.4, -0.2) is 59.0 Å². The average Bonchev–Trinajstić information content (AvgIpc) is 2.89. The van der Waals surface area contributed by atoms with Gasteiger partial charge in [-0.3, -0.25) is 14.5 Å². The van der Waals surface area contributed by atoms with Crippen molar-refractivity contribution < 1.29 is 14.1 Å². The number of nitrogens with zero attached hydrogens (tertiary/aromatic N) is 3. The van der Waals surface area contributed by atoms with Crippen LogP contribution >= 0.6 is 0 Å². The van der Waals surface area contributed by atoms with Gasteiger partial charge in [-0.2, -0.15) is 0 Å². The molecule has 2 amide bonds. The molecule has 1 atom stereocenters. The first-order valence-electron chi connectivity index (χ1n) is 8.07. The van der Waals surface area contributed by atoms with E-state index in [1.807, 2.05) is 31.7 Å². The van der Waals surface area contributed by atoms with E-state index < -0.39 is 6.04 Å². The maximum Gasteiger partial charge on any atom is 0.245 e. The molecular formula is C16H26N4O3. The molecule has 0 unspecified atom stereocenters. The van der Waals surface area contributed by atoms with E-state index in [0.717, 1.165) is 24.5 Å². The molecule has 1 aliphatic heterocycles. The van der Waals surface area contributed by atoms with Crippen LogP contribution in [0.3, 0.4) is 0 Å². The van der Waals surface area contributed by atoms with Crippen LogP contribution in [0.1, 0.15) is 32.2 Å². The molecule has 1 aromatic rings. The Hall–Kier alpha value is -1.89. The van der Waals surface area contributed by atoms with Crippen LogP contribution in [0.5, 0.6) is 0 Å². The largest absolute Gasteiger partial charge is 0.360 e. The molecule has 0 radical (unpaired) electrons. The van der Waals surface area contributed by atoms with Gasteiger partial charge in [0, 0.05) is 39.2 Å². The minimum absolute atomic E-state index is 0.00496. The first kappa shape index (κ1) is 17.5. The summed E-state index contributed by atoms with van der Waals surface area (Å²) in [5, 5.41) is 6.65. The van der Waals surface area contributed by atoms with E-state index in [9.17, 15) is 9.59 Å². The van der Waals surface area contributed by atoms with E-state index in [-0.39, 0.29) is 17.7 Å². The number of aryl methyl sites for hydroxylation is 1. The smallest absolute Gasteiger partial charge is 0.245 e. The van der Waals surface area contributed by atoms with Gasteiger partial charge in [0.15, 0.2) is 5.76 Å². The predicted molar refractivity (Wildman–Crippen MR) is 85.5 cm³/mol. The van der Waals surface area contributed by atoms with Gasteiger partial charge in [-0.05, 0) is 12.8 Å². The monoisotopic (exact) mass is 322 g/mol. The molecule has 1 fully saturated rings. The summed E-state index contributed by atoms with van der Waals surface area (Å²) in [7, 11) is 0. The minimum atomic E-state index is -0.448. The number of hydrogen-bond donors (Lipinski definition) is 1. The molecule has 1 aromatic heterocycles. The number of piperazine rings is 1. The van der Waals surface area contributed by atoms with Gasteiger partial charge in [-0.25, -0.2) is 0 Å². The maximum atomic E-state index is 12.6. The number of carbonyl (C=O) groups is 2. The predicted octanol–water partition coefficient (Wildman–Crippen LogP) is 0.788. The van der Waals surface area contributed by atoms with Crippen LogP contribution in [0, 0.1) is 12.8 Å². The van der Waals surface area contributed by atoms with Gasteiger partial charge in [0.1, 0.15) is 6.04 Å². The van der Waals surface area contributed by atoms with Crippen molar-refractivity contribution in [1.82, 2.24) is 20.3 Å². The number of amides is 2. The van der Waals surface area contributed by atoms with Crippen LogP contribution in [0.4, 0.5) is 0 Å². The molecule has 7 heteroatoms. The number of rotatable bonds is 5. The summed E-state index contributed by atoms with van der Waals surface area (Å²) in [6, 6.07) is 1.49. The number of carbonyl (C=O) groups excluding carboxylic acids is 2. The first-order valence-corrected chi connectivity index (χ1v) is 8.07. The molecule has 2 heterocycles. The zero-order valence-corrected chi connectivity index (χ0v) is 14.3. The van der Waals surface area contributed by atoms with Crippen LogP contribution < -0.4 is 5.32 Å². The third-order valence-corrected chi connectivity index (χ3v) is 4.03. The van der Waals surface area contributed by atoms with E-state index in [4.69, 9.17) is 4.52 Å². The number of aromatic nitrogens is 1. The van der Waals surface area contributed by atoms with Gasteiger partial charge < -0.3 is 14.7 Å². The van der Waals surface area contributed by atoms with Gasteiger partial charge >= 0.3 is 0 Å². The Bertz CT molecular complexity index is 547. The molecule has 0 aliphatic carbocycles. The van der Waals surface area contributed by atoms with Crippen LogP contribution in [0.25, 0.3) is 0 Å². The fraction of sp³-hybridized carbons (Fsp3) is 0.688. The number of nitrogens with one attached hydrogen (secondary N) is 1. The van der Waals surface area contributed by atoms with E-state index in [2.05, 4.69) is 15.4 Å². The van der Waals surface area contributed by atoms with Gasteiger partial charge in [-0.15, -0.1) is 0 Å².